The Labute approximate surface area is 147 Å². The average Bonchev–Trinajstić information content (AvgIpc) is 3.11. The van der Waals surface area contributed by atoms with Crippen LogP contribution in [0.15, 0.2) is 29.0 Å². The van der Waals surface area contributed by atoms with E-state index in [0.29, 0.717) is 12.1 Å². The maximum Gasteiger partial charge on any atom is 0.151 e. The van der Waals surface area contributed by atoms with Crippen molar-refractivity contribution < 1.29 is 0 Å². The van der Waals surface area contributed by atoms with Crippen LogP contribution in [0, 0.1) is 11.8 Å². The maximum atomic E-state index is 4.44. The number of likely N-dealkylation sites (N-methyl/N-ethyl adjacent to an activating group) is 1. The van der Waals surface area contributed by atoms with Gasteiger partial charge in [0.05, 0.1) is 0 Å². The lowest BCUT2D eigenvalue weighted by Crippen LogP contribution is -2.56. The van der Waals surface area contributed by atoms with Gasteiger partial charge in [0.25, 0.3) is 0 Å². The van der Waals surface area contributed by atoms with Gasteiger partial charge in [0.1, 0.15) is 5.69 Å². The summed E-state index contributed by atoms with van der Waals surface area (Å²) in [5, 5.41) is 12.8. The second-order valence-electron chi connectivity index (χ2n) is 6.70. The van der Waals surface area contributed by atoms with E-state index < -0.39 is 0 Å². The summed E-state index contributed by atoms with van der Waals surface area (Å²) in [7, 11) is 2.28. The molecule has 0 saturated carbocycles. The lowest BCUT2D eigenvalue weighted by molar-refractivity contribution is 0.149. The molecule has 0 N–H and O–H groups in total. The average molecular weight is 338 g/mol. The number of thiophene rings is 1. The highest BCUT2D eigenvalue weighted by Crippen LogP contribution is 2.28. The summed E-state index contributed by atoms with van der Waals surface area (Å²) in [6.07, 6.45) is 5.28. The van der Waals surface area contributed by atoms with Gasteiger partial charge in [0.15, 0.2) is 5.82 Å². The number of hydrogen-bond acceptors (Lipinski definition) is 5. The summed E-state index contributed by atoms with van der Waals surface area (Å²) in [4.78, 5) is 4.99. The topological polar surface area (TPSA) is 32.3 Å². The van der Waals surface area contributed by atoms with Crippen molar-refractivity contribution in [2.75, 3.05) is 25.0 Å². The standard InChI is InChI=1S/C19H22N4S/c1-22-17-4-2-3-5-18(22)13-23(12-17)19-9-8-16(20-21-19)7-6-15-10-11-24-14-15/h8-11,14,17-18H,2-5,12-13H2,1H3. The first-order valence-corrected chi connectivity index (χ1v) is 9.59. The molecule has 0 radical (unpaired) electrons. The van der Waals surface area contributed by atoms with Crippen LogP contribution in [0.1, 0.15) is 36.9 Å². The predicted molar refractivity (Wildman–Crippen MR) is 98.4 cm³/mol. The highest BCUT2D eigenvalue weighted by molar-refractivity contribution is 7.08. The van der Waals surface area contributed by atoms with Crippen LogP contribution in [0.3, 0.4) is 0 Å². The molecule has 124 valence electrons. The molecule has 2 atom stereocenters. The molecule has 0 amide bonds. The van der Waals surface area contributed by atoms with Crippen molar-refractivity contribution in [1.29, 1.82) is 0 Å². The zero-order chi connectivity index (χ0) is 16.4. The lowest BCUT2D eigenvalue weighted by atomic mass is 10.1. The van der Waals surface area contributed by atoms with Crippen LogP contribution in [0.5, 0.6) is 0 Å². The van der Waals surface area contributed by atoms with Gasteiger partial charge in [0.2, 0.25) is 0 Å². The number of anilines is 1. The Balaban J connectivity index is 1.49. The summed E-state index contributed by atoms with van der Waals surface area (Å²) in [6.45, 7) is 2.11. The van der Waals surface area contributed by atoms with E-state index in [1.165, 1.54) is 25.7 Å². The summed E-state index contributed by atoms with van der Waals surface area (Å²) in [6, 6.07) is 7.37. The zero-order valence-electron chi connectivity index (χ0n) is 14.0. The largest absolute Gasteiger partial charge is 0.352 e. The first-order chi connectivity index (χ1) is 11.8. The first kappa shape index (κ1) is 15.6. The van der Waals surface area contributed by atoms with Crippen LogP contribution in [0.25, 0.3) is 0 Å². The minimum absolute atomic E-state index is 0.645. The Kier molecular flexibility index (Phi) is 4.50. The van der Waals surface area contributed by atoms with Crippen molar-refractivity contribution in [2.24, 2.45) is 0 Å². The molecule has 5 heteroatoms. The van der Waals surface area contributed by atoms with Crippen molar-refractivity contribution in [1.82, 2.24) is 15.1 Å². The summed E-state index contributed by atoms with van der Waals surface area (Å²) in [5.74, 6) is 7.20. The van der Waals surface area contributed by atoms with Crippen LogP contribution in [0.2, 0.25) is 0 Å². The molecule has 0 aromatic carbocycles. The molecule has 0 aliphatic carbocycles. The van der Waals surface area contributed by atoms with Crippen LogP contribution in [-0.2, 0) is 0 Å². The van der Waals surface area contributed by atoms with Gasteiger partial charge in [0, 0.05) is 36.1 Å². The molecular formula is C19H22N4S. The fourth-order valence-corrected chi connectivity index (χ4v) is 4.30. The third-order valence-corrected chi connectivity index (χ3v) is 5.85. The summed E-state index contributed by atoms with van der Waals surface area (Å²) >= 11 is 1.66. The van der Waals surface area contributed by atoms with Crippen molar-refractivity contribution in [2.45, 2.75) is 37.8 Å². The van der Waals surface area contributed by atoms with Gasteiger partial charge >= 0.3 is 0 Å². The molecule has 2 aliphatic rings. The lowest BCUT2D eigenvalue weighted by Gasteiger charge is -2.44. The summed E-state index contributed by atoms with van der Waals surface area (Å²) in [5.41, 5.74) is 1.77. The van der Waals surface area contributed by atoms with E-state index >= 15 is 0 Å². The molecule has 4 rings (SSSR count). The van der Waals surface area contributed by atoms with Crippen molar-refractivity contribution in [3.8, 4) is 11.8 Å². The minimum atomic E-state index is 0.645. The van der Waals surface area contributed by atoms with E-state index in [2.05, 4.69) is 45.0 Å². The normalized spacial score (nSPS) is 24.1. The Morgan fingerprint density at radius 1 is 1.04 bits per heavy atom. The van der Waals surface area contributed by atoms with Crippen LogP contribution in [0.4, 0.5) is 5.82 Å². The monoisotopic (exact) mass is 338 g/mol. The van der Waals surface area contributed by atoms with Gasteiger partial charge in [-0.15, -0.1) is 10.2 Å². The fourth-order valence-electron chi connectivity index (χ4n) is 3.71. The number of hydrogen-bond donors (Lipinski definition) is 0. The number of rotatable bonds is 1. The van der Waals surface area contributed by atoms with Gasteiger partial charge in [-0.1, -0.05) is 18.8 Å². The second kappa shape index (κ2) is 6.92. The van der Waals surface area contributed by atoms with Gasteiger partial charge < -0.3 is 4.90 Å². The quantitative estimate of drug-likeness (QED) is 0.748. The molecule has 4 nitrogen and oxygen atoms in total. The third-order valence-electron chi connectivity index (χ3n) is 5.17. The van der Waals surface area contributed by atoms with Gasteiger partial charge in [-0.3, -0.25) is 4.90 Å². The van der Waals surface area contributed by atoms with Gasteiger partial charge in [-0.05, 0) is 49.4 Å². The fraction of sp³-hybridized carbons (Fsp3) is 0.474. The van der Waals surface area contributed by atoms with Crippen molar-refractivity contribution in [3.63, 3.8) is 0 Å². The van der Waals surface area contributed by atoms with Crippen molar-refractivity contribution in [3.05, 3.63) is 40.2 Å². The molecular weight excluding hydrogens is 316 g/mol. The van der Waals surface area contributed by atoms with E-state index in [4.69, 9.17) is 0 Å². The summed E-state index contributed by atoms with van der Waals surface area (Å²) < 4.78 is 0. The van der Waals surface area contributed by atoms with Gasteiger partial charge in [-0.2, -0.15) is 11.3 Å². The number of aromatic nitrogens is 2. The number of fused-ring (bicyclic) bond motifs is 2. The first-order valence-electron chi connectivity index (χ1n) is 8.64. The maximum absolute atomic E-state index is 4.44. The number of nitrogens with zero attached hydrogens (tertiary/aromatic N) is 4. The molecule has 2 aliphatic heterocycles. The van der Waals surface area contributed by atoms with Crippen LogP contribution >= 0.6 is 11.3 Å². The molecule has 2 bridgehead atoms. The predicted octanol–water partition coefficient (Wildman–Crippen LogP) is 3.00. The van der Waals surface area contributed by atoms with Crippen molar-refractivity contribution >= 4 is 17.2 Å². The Morgan fingerprint density at radius 2 is 1.83 bits per heavy atom. The zero-order valence-corrected chi connectivity index (χ0v) is 14.8. The van der Waals surface area contributed by atoms with E-state index in [0.717, 1.165) is 30.2 Å². The van der Waals surface area contributed by atoms with E-state index in [1.54, 1.807) is 11.3 Å². The molecule has 2 fully saturated rings. The molecule has 0 spiro atoms. The third kappa shape index (κ3) is 3.31. The highest BCUT2D eigenvalue weighted by atomic mass is 32.1. The molecule has 2 saturated heterocycles. The van der Waals surface area contributed by atoms with Gasteiger partial charge in [-0.25, -0.2) is 0 Å². The number of piperazine rings is 1. The molecule has 2 aromatic heterocycles. The second-order valence-corrected chi connectivity index (χ2v) is 7.48. The van der Waals surface area contributed by atoms with Crippen LogP contribution < -0.4 is 4.90 Å². The highest BCUT2D eigenvalue weighted by Gasteiger charge is 2.33. The van der Waals surface area contributed by atoms with E-state index in [1.807, 2.05) is 22.9 Å². The van der Waals surface area contributed by atoms with Crippen LogP contribution in [-0.4, -0.2) is 47.3 Å². The SMILES string of the molecule is CN1C2CCCCC1CN(c1ccc(C#Cc3ccsc3)nn1)C2. The Bertz CT molecular complexity index is 713. The van der Waals surface area contributed by atoms with E-state index in [9.17, 15) is 0 Å². The molecule has 4 heterocycles. The molecule has 24 heavy (non-hydrogen) atoms. The Morgan fingerprint density at radius 3 is 2.46 bits per heavy atom. The Hall–Kier alpha value is -1.90. The minimum Gasteiger partial charge on any atom is -0.352 e. The molecule has 2 aromatic rings. The molecule has 2 unspecified atom stereocenters. The smallest absolute Gasteiger partial charge is 0.151 e. The van der Waals surface area contributed by atoms with E-state index in [-0.39, 0.29) is 0 Å².